The van der Waals surface area contributed by atoms with E-state index in [-0.39, 0.29) is 49.3 Å². The van der Waals surface area contributed by atoms with Crippen LogP contribution in [0.2, 0.25) is 5.02 Å². The molecule has 0 saturated carbocycles. The zero-order chi connectivity index (χ0) is 32.9. The molecule has 1 saturated heterocycles. The Labute approximate surface area is 302 Å². The zero-order valence-corrected chi connectivity index (χ0v) is 32.6. The Bertz CT molecular complexity index is 1570. The molecule has 4 aromatic rings. The third-order valence-electron chi connectivity index (χ3n) is 7.63. The van der Waals surface area contributed by atoms with Crippen LogP contribution in [0.5, 0.6) is 5.88 Å². The molecule has 5 rings (SSSR count). The van der Waals surface area contributed by atoms with E-state index in [2.05, 4.69) is 48.4 Å². The van der Waals surface area contributed by atoms with Crippen molar-refractivity contribution in [1.82, 2.24) is 19.7 Å². The second-order valence-corrected chi connectivity index (χ2v) is 12.0. The number of ether oxygens (including phenoxy) is 1. The molecule has 1 aliphatic rings. The van der Waals surface area contributed by atoms with E-state index in [1.807, 2.05) is 62.2 Å². The Morgan fingerprint density at radius 3 is 2.37 bits per heavy atom. The van der Waals surface area contributed by atoms with Gasteiger partial charge in [0.15, 0.2) is 0 Å². The van der Waals surface area contributed by atoms with E-state index in [0.29, 0.717) is 27.9 Å². The first kappa shape index (κ1) is 39.3. The van der Waals surface area contributed by atoms with Gasteiger partial charge in [0.25, 0.3) is 0 Å². The number of halogens is 2. The Kier molecular flexibility index (Phi) is 16.8. The van der Waals surface area contributed by atoms with Gasteiger partial charge in [-0.3, -0.25) is 9.58 Å². The third-order valence-corrected chi connectivity index (χ3v) is 7.87. The van der Waals surface area contributed by atoms with Crippen molar-refractivity contribution >= 4 is 17.4 Å². The number of piperidine rings is 1. The minimum absolute atomic E-state index is 0. The Balaban J connectivity index is 0.000000302. The molecule has 0 N–H and O–H groups in total. The molecule has 0 amide bonds. The van der Waals surface area contributed by atoms with Crippen molar-refractivity contribution in [3.8, 4) is 5.88 Å². The first-order valence-electron chi connectivity index (χ1n) is 15.3. The number of ketones is 1. The molecule has 1 fully saturated rings. The third kappa shape index (κ3) is 13.1. The van der Waals surface area contributed by atoms with Crippen molar-refractivity contribution in [3.63, 3.8) is 0 Å². The van der Waals surface area contributed by atoms with Crippen molar-refractivity contribution in [2.24, 2.45) is 7.05 Å². The van der Waals surface area contributed by atoms with E-state index in [4.69, 9.17) is 16.3 Å². The van der Waals surface area contributed by atoms with Gasteiger partial charge in [-0.2, -0.15) is 12.0 Å². The zero-order valence-electron chi connectivity index (χ0n) is 27.7. The Hall–Kier alpha value is -2.89. The number of hydrogen-bond acceptors (Lipinski definition) is 5. The molecule has 6 nitrogen and oxygen atoms in total. The molecule has 0 unspecified atom stereocenters. The summed E-state index contributed by atoms with van der Waals surface area (Å²) in [7, 11) is 1.93. The van der Waals surface area contributed by atoms with Crippen LogP contribution in [0.4, 0.5) is 4.39 Å². The molecule has 0 spiro atoms. The number of pyridine rings is 1. The quantitative estimate of drug-likeness (QED) is 0.101. The summed E-state index contributed by atoms with van der Waals surface area (Å²) < 4.78 is 21.4. The summed E-state index contributed by atoms with van der Waals surface area (Å²) in [4.78, 5) is 17.9. The number of aryl methyl sites for hydroxylation is 4. The number of Topliss-reactive ketones (excluding diaryl/α,β-unsaturated/α-hetero) is 1. The van der Waals surface area contributed by atoms with Crippen LogP contribution in [0.25, 0.3) is 0 Å². The van der Waals surface area contributed by atoms with E-state index in [0.717, 1.165) is 50.2 Å². The molecule has 0 radical (unpaired) electrons. The summed E-state index contributed by atoms with van der Waals surface area (Å²) >= 11 is 5.78. The average Bonchev–Trinajstić information content (AvgIpc) is 3.44. The van der Waals surface area contributed by atoms with Crippen LogP contribution in [0.1, 0.15) is 70.9 Å². The maximum atomic E-state index is 13.9. The van der Waals surface area contributed by atoms with Crippen LogP contribution in [-0.2, 0) is 20.1 Å². The fourth-order valence-corrected chi connectivity index (χ4v) is 5.03. The number of carbonyl (C=O) groups excluding carboxylic acids is 1. The van der Waals surface area contributed by atoms with Gasteiger partial charge in [0.2, 0.25) is 5.88 Å². The fraction of sp³-hybridized carbons (Fsp3) is 0.351. The van der Waals surface area contributed by atoms with E-state index in [1.165, 1.54) is 22.8 Å². The van der Waals surface area contributed by atoms with Gasteiger partial charge >= 0.3 is 0 Å². The Morgan fingerprint density at radius 2 is 1.83 bits per heavy atom. The van der Waals surface area contributed by atoms with Gasteiger partial charge in [-0.25, -0.2) is 9.37 Å². The van der Waals surface area contributed by atoms with E-state index in [9.17, 15) is 9.18 Å². The van der Waals surface area contributed by atoms with Crippen LogP contribution in [0.3, 0.4) is 0 Å². The smallest absolute Gasteiger partial charge is 0.213 e. The molecule has 3 heterocycles. The minimum atomic E-state index is -0.362. The van der Waals surface area contributed by atoms with Crippen molar-refractivity contribution in [1.29, 1.82) is 0 Å². The van der Waals surface area contributed by atoms with Crippen LogP contribution in [-0.4, -0.2) is 45.1 Å². The van der Waals surface area contributed by atoms with Gasteiger partial charge in [-0.15, -0.1) is 17.7 Å². The standard InChI is InChI=1S/C21H24ClFN2O.C10H11O.C6H10N2.U/c1-15(2)13-25-10-8-16(9-11-25)20-4-3-5-21(24-20)26-14-17-6-7-18(22)12-19(17)23;1-7-4-5-10(9(3)11)6-8(7)2;1-3-6-4-7-8(2)5-6;/h3-7,12,16H,1,8-11,13-14H2,2H3;4-6H,3H2,1-2H3;4-5H,3H2,1-2H3;/q;-1;;. The molecule has 0 aliphatic carbocycles. The summed E-state index contributed by atoms with van der Waals surface area (Å²) in [6.45, 7) is 18.7. The first-order valence-corrected chi connectivity index (χ1v) is 15.6. The predicted molar refractivity (Wildman–Crippen MR) is 181 cm³/mol. The summed E-state index contributed by atoms with van der Waals surface area (Å²) in [5.74, 6) is 0.486. The van der Waals surface area contributed by atoms with Gasteiger partial charge in [0.1, 0.15) is 12.4 Å². The average molecular weight is 870 g/mol. The molecular formula is C37H45ClFN4O2U-. The first-order chi connectivity index (χ1) is 21.4. The van der Waals surface area contributed by atoms with Crippen LogP contribution in [0, 0.1) is 57.7 Å². The Morgan fingerprint density at radius 1 is 1.11 bits per heavy atom. The molecule has 1 aliphatic heterocycles. The van der Waals surface area contributed by atoms with Gasteiger partial charge < -0.3 is 9.53 Å². The maximum Gasteiger partial charge on any atom is 0.213 e. The van der Waals surface area contributed by atoms with Gasteiger partial charge in [-0.05, 0) is 76.9 Å². The summed E-state index contributed by atoms with van der Waals surface area (Å²) in [5.41, 5.74) is 7.05. The van der Waals surface area contributed by atoms with Gasteiger partial charge in [0.05, 0.1) is 6.20 Å². The fourth-order valence-electron chi connectivity index (χ4n) is 4.87. The molecule has 2 aromatic heterocycles. The summed E-state index contributed by atoms with van der Waals surface area (Å²) in [6, 6.07) is 16.0. The van der Waals surface area contributed by atoms with Crippen molar-refractivity contribution in [3.05, 3.63) is 130 Å². The van der Waals surface area contributed by atoms with Crippen LogP contribution >= 0.6 is 11.6 Å². The van der Waals surface area contributed by atoms with Crippen molar-refractivity contribution < 1.29 is 45.0 Å². The van der Waals surface area contributed by atoms with E-state index >= 15 is 0 Å². The van der Waals surface area contributed by atoms with Crippen molar-refractivity contribution in [2.45, 2.75) is 59.5 Å². The minimum Gasteiger partial charge on any atom is -0.473 e. The largest absolute Gasteiger partial charge is 0.473 e. The molecule has 0 bridgehead atoms. The topological polar surface area (TPSA) is 60.2 Å². The van der Waals surface area contributed by atoms with Crippen molar-refractivity contribution in [2.75, 3.05) is 19.6 Å². The second kappa shape index (κ2) is 19.7. The normalized spacial score (nSPS) is 12.9. The number of hydrogen-bond donors (Lipinski definition) is 0. The molecule has 0 atom stereocenters. The number of carbonyl (C=O) groups is 1. The number of rotatable bonds is 8. The number of likely N-dealkylation sites (tertiary alicyclic amines) is 1. The molecule has 2 aromatic carbocycles. The number of aromatic nitrogens is 3. The molecule has 244 valence electrons. The van der Waals surface area contributed by atoms with Gasteiger partial charge in [-0.1, -0.05) is 60.0 Å². The summed E-state index contributed by atoms with van der Waals surface area (Å²) in [5, 5.41) is 4.38. The van der Waals surface area contributed by atoms with E-state index in [1.54, 1.807) is 18.2 Å². The molecule has 46 heavy (non-hydrogen) atoms. The predicted octanol–water partition coefficient (Wildman–Crippen LogP) is 8.51. The number of benzene rings is 2. The molecular weight excluding hydrogens is 825 g/mol. The second-order valence-electron chi connectivity index (χ2n) is 11.5. The van der Waals surface area contributed by atoms with Gasteiger partial charge in [0, 0.05) is 84.9 Å². The molecule has 9 heteroatoms. The van der Waals surface area contributed by atoms with E-state index < -0.39 is 0 Å². The maximum absolute atomic E-state index is 13.9. The monoisotopic (exact) mass is 869 g/mol. The summed E-state index contributed by atoms with van der Waals surface area (Å²) in [6.07, 6.45) is 7.15. The SMILES string of the molecule is C=C(C)CN1CCC(c2cccc(OCc3ccc(Cl)cc3F)n2)CC1.CCc1cnn(C)c1.[CH2-]C(=O)c1ccc(C)c(C)c1.[U]. The van der Waals surface area contributed by atoms with Crippen LogP contribution in [0.15, 0.2) is 79.1 Å². The van der Waals surface area contributed by atoms with Crippen LogP contribution < -0.4 is 4.74 Å². The number of nitrogens with zero attached hydrogens (tertiary/aromatic N) is 4.